The Morgan fingerprint density at radius 1 is 1.21 bits per heavy atom. The average Bonchev–Trinajstić information content (AvgIpc) is 2.82. The minimum atomic E-state index is 0.114. The second-order valence-electron chi connectivity index (χ2n) is 6.05. The number of hydrogen-bond donors (Lipinski definition) is 1. The normalized spacial score (nSPS) is 14.8. The third kappa shape index (κ3) is 4.98. The van der Waals surface area contributed by atoms with Crippen LogP contribution in [0.15, 0.2) is 12.5 Å². The third-order valence-electron chi connectivity index (χ3n) is 3.71. The van der Waals surface area contributed by atoms with Crippen LogP contribution in [0, 0.1) is 5.92 Å². The first-order chi connectivity index (χ1) is 9.10. The lowest BCUT2D eigenvalue weighted by atomic mass is 10.00. The molecule has 2 N–H and O–H groups in total. The van der Waals surface area contributed by atoms with E-state index in [0.717, 1.165) is 6.42 Å². The van der Waals surface area contributed by atoms with E-state index in [1.54, 1.807) is 0 Å². The predicted molar refractivity (Wildman–Crippen MR) is 82.1 cm³/mol. The van der Waals surface area contributed by atoms with Crippen LogP contribution in [0.3, 0.4) is 0 Å². The van der Waals surface area contributed by atoms with Crippen molar-refractivity contribution in [2.75, 3.05) is 0 Å². The molecule has 1 rings (SSSR count). The summed E-state index contributed by atoms with van der Waals surface area (Å²) < 4.78 is 2.34. The Morgan fingerprint density at radius 3 is 2.53 bits per heavy atom. The molecule has 3 heteroatoms. The zero-order chi connectivity index (χ0) is 14.3. The van der Waals surface area contributed by atoms with Crippen LogP contribution in [0.5, 0.6) is 0 Å². The second kappa shape index (κ2) is 8.36. The number of nitrogens with zero attached hydrogens (tertiary/aromatic N) is 2. The van der Waals surface area contributed by atoms with E-state index >= 15 is 0 Å². The van der Waals surface area contributed by atoms with Crippen molar-refractivity contribution in [3.63, 3.8) is 0 Å². The largest absolute Gasteiger partial charge is 0.330 e. The molecular weight excluding hydrogens is 234 g/mol. The van der Waals surface area contributed by atoms with Gasteiger partial charge < -0.3 is 10.3 Å². The van der Waals surface area contributed by atoms with Crippen molar-refractivity contribution in [2.45, 2.75) is 78.3 Å². The molecule has 19 heavy (non-hydrogen) atoms. The maximum Gasteiger partial charge on any atom is 0.0951 e. The minimum absolute atomic E-state index is 0.114. The topological polar surface area (TPSA) is 43.8 Å². The highest BCUT2D eigenvalue weighted by Gasteiger charge is 2.18. The summed E-state index contributed by atoms with van der Waals surface area (Å²) in [7, 11) is 0. The Morgan fingerprint density at radius 2 is 1.95 bits per heavy atom. The molecule has 110 valence electrons. The lowest BCUT2D eigenvalue weighted by molar-refractivity contribution is 0.388. The van der Waals surface area contributed by atoms with Crippen LogP contribution in [0.1, 0.15) is 84.0 Å². The Kier molecular flexibility index (Phi) is 7.14. The highest BCUT2D eigenvalue weighted by molar-refractivity contribution is 5.06. The molecular formula is C16H31N3. The van der Waals surface area contributed by atoms with E-state index in [0.29, 0.717) is 12.0 Å². The first-order valence-electron chi connectivity index (χ1n) is 7.87. The van der Waals surface area contributed by atoms with Gasteiger partial charge in [0.1, 0.15) is 0 Å². The van der Waals surface area contributed by atoms with Gasteiger partial charge in [-0.15, -0.1) is 0 Å². The van der Waals surface area contributed by atoms with E-state index in [-0.39, 0.29) is 6.04 Å². The summed E-state index contributed by atoms with van der Waals surface area (Å²) >= 11 is 0. The molecule has 0 spiro atoms. The Bertz CT molecular complexity index is 344. The van der Waals surface area contributed by atoms with Crippen molar-refractivity contribution < 1.29 is 0 Å². The van der Waals surface area contributed by atoms with Crippen molar-refractivity contribution in [3.8, 4) is 0 Å². The lowest BCUT2D eigenvalue weighted by Crippen LogP contribution is -2.20. The number of imidazole rings is 1. The number of aromatic nitrogens is 2. The predicted octanol–water partition coefficient (Wildman–Crippen LogP) is 4.46. The third-order valence-corrected chi connectivity index (χ3v) is 3.71. The number of nitrogens with two attached hydrogens (primary N) is 1. The van der Waals surface area contributed by atoms with Crippen molar-refractivity contribution in [1.29, 1.82) is 0 Å². The second-order valence-corrected chi connectivity index (χ2v) is 6.05. The minimum Gasteiger partial charge on any atom is -0.330 e. The van der Waals surface area contributed by atoms with E-state index < -0.39 is 0 Å². The van der Waals surface area contributed by atoms with E-state index in [1.165, 1.54) is 37.8 Å². The fraction of sp³-hybridized carbons (Fsp3) is 0.812. The van der Waals surface area contributed by atoms with Crippen LogP contribution in [-0.4, -0.2) is 9.55 Å². The molecule has 0 aliphatic heterocycles. The van der Waals surface area contributed by atoms with Crippen molar-refractivity contribution in [1.82, 2.24) is 9.55 Å². The Labute approximate surface area is 118 Å². The molecule has 0 radical (unpaired) electrons. The van der Waals surface area contributed by atoms with Gasteiger partial charge in [-0.25, -0.2) is 4.98 Å². The molecule has 2 atom stereocenters. The summed E-state index contributed by atoms with van der Waals surface area (Å²) in [6.07, 6.45) is 11.2. The summed E-state index contributed by atoms with van der Waals surface area (Å²) in [6.45, 7) is 8.95. The molecule has 0 aliphatic carbocycles. The van der Waals surface area contributed by atoms with Crippen LogP contribution in [0.4, 0.5) is 0 Å². The summed E-state index contributed by atoms with van der Waals surface area (Å²) in [5.41, 5.74) is 7.55. The maximum absolute atomic E-state index is 6.34. The van der Waals surface area contributed by atoms with Gasteiger partial charge in [-0.3, -0.25) is 0 Å². The molecule has 0 bridgehead atoms. The molecule has 0 saturated carbocycles. The van der Waals surface area contributed by atoms with Gasteiger partial charge in [0.05, 0.1) is 12.0 Å². The van der Waals surface area contributed by atoms with Crippen LogP contribution in [0.25, 0.3) is 0 Å². The number of hydrogen-bond acceptors (Lipinski definition) is 2. The molecule has 1 aromatic rings. The van der Waals surface area contributed by atoms with Gasteiger partial charge in [0, 0.05) is 18.3 Å². The van der Waals surface area contributed by atoms with Gasteiger partial charge in [0.15, 0.2) is 0 Å². The van der Waals surface area contributed by atoms with E-state index in [4.69, 9.17) is 5.73 Å². The zero-order valence-corrected chi connectivity index (χ0v) is 13.1. The molecule has 0 aliphatic rings. The smallest absolute Gasteiger partial charge is 0.0951 e. The van der Waals surface area contributed by atoms with E-state index in [9.17, 15) is 0 Å². The molecule has 1 aromatic heterocycles. The summed E-state index contributed by atoms with van der Waals surface area (Å²) in [5, 5.41) is 0. The zero-order valence-electron chi connectivity index (χ0n) is 13.1. The Hall–Kier alpha value is -0.830. The first kappa shape index (κ1) is 16.2. The van der Waals surface area contributed by atoms with Crippen molar-refractivity contribution in [2.24, 2.45) is 11.7 Å². The van der Waals surface area contributed by atoms with Gasteiger partial charge in [-0.2, -0.15) is 0 Å². The summed E-state index contributed by atoms with van der Waals surface area (Å²) in [4.78, 5) is 4.34. The van der Waals surface area contributed by atoms with Gasteiger partial charge in [0.2, 0.25) is 0 Å². The van der Waals surface area contributed by atoms with Gasteiger partial charge >= 0.3 is 0 Å². The summed E-state index contributed by atoms with van der Waals surface area (Å²) in [6, 6.07) is 0.684. The van der Waals surface area contributed by atoms with Crippen LogP contribution in [0.2, 0.25) is 0 Å². The summed E-state index contributed by atoms with van der Waals surface area (Å²) in [5.74, 6) is 0.624. The molecule has 2 unspecified atom stereocenters. The highest BCUT2D eigenvalue weighted by Crippen LogP contribution is 2.27. The van der Waals surface area contributed by atoms with Crippen LogP contribution >= 0.6 is 0 Å². The van der Waals surface area contributed by atoms with E-state index in [2.05, 4.69) is 37.2 Å². The van der Waals surface area contributed by atoms with Gasteiger partial charge in [-0.1, -0.05) is 47.0 Å². The average molecular weight is 265 g/mol. The number of rotatable bonds is 9. The standard InChI is InChI=1S/C16H31N3/c1-5-7-9-14(8-6-2)19-12-18-11-16(19)15(17)10-13(3)4/h11-15H,5-10,17H2,1-4H3. The lowest BCUT2D eigenvalue weighted by Gasteiger charge is -2.23. The first-order valence-corrected chi connectivity index (χ1v) is 7.87. The quantitative estimate of drug-likeness (QED) is 0.716. The molecule has 0 aromatic carbocycles. The number of unbranched alkanes of at least 4 members (excludes halogenated alkanes) is 1. The SMILES string of the molecule is CCCCC(CCC)n1cncc1C(N)CC(C)C. The molecule has 0 saturated heterocycles. The van der Waals surface area contributed by atoms with Crippen molar-refractivity contribution in [3.05, 3.63) is 18.2 Å². The van der Waals surface area contributed by atoms with Gasteiger partial charge in [-0.05, 0) is 25.2 Å². The fourth-order valence-corrected chi connectivity index (χ4v) is 2.73. The molecule has 3 nitrogen and oxygen atoms in total. The maximum atomic E-state index is 6.34. The van der Waals surface area contributed by atoms with Gasteiger partial charge in [0.25, 0.3) is 0 Å². The Balaban J connectivity index is 2.82. The molecule has 0 fully saturated rings. The molecule has 1 heterocycles. The van der Waals surface area contributed by atoms with Crippen molar-refractivity contribution >= 4 is 0 Å². The molecule has 0 amide bonds. The van der Waals surface area contributed by atoms with E-state index in [1.807, 2.05) is 12.5 Å². The fourth-order valence-electron chi connectivity index (χ4n) is 2.73. The monoisotopic (exact) mass is 265 g/mol. The van der Waals surface area contributed by atoms with Crippen LogP contribution < -0.4 is 5.73 Å². The highest BCUT2D eigenvalue weighted by atomic mass is 15.1. The van der Waals surface area contributed by atoms with Crippen LogP contribution in [-0.2, 0) is 0 Å².